The molecule has 1 heterocycles. The van der Waals surface area contributed by atoms with Crippen LogP contribution < -0.4 is 10.1 Å². The van der Waals surface area contributed by atoms with E-state index in [2.05, 4.69) is 5.32 Å². The van der Waals surface area contributed by atoms with Crippen molar-refractivity contribution >= 4 is 21.6 Å². The Balaban J connectivity index is 1.73. The molecule has 1 atom stereocenters. The minimum atomic E-state index is -3.65. The highest BCUT2D eigenvalue weighted by Gasteiger charge is 2.28. The van der Waals surface area contributed by atoms with Crippen molar-refractivity contribution in [3.05, 3.63) is 53.6 Å². The largest absolute Gasteiger partial charge is 0.481 e. The molecule has 0 aliphatic carbocycles. The van der Waals surface area contributed by atoms with Gasteiger partial charge in [-0.15, -0.1) is 0 Å². The third-order valence-corrected chi connectivity index (χ3v) is 6.79. The van der Waals surface area contributed by atoms with Crippen LogP contribution in [0.2, 0.25) is 0 Å². The summed E-state index contributed by atoms with van der Waals surface area (Å²) in [5.74, 6) is 0.238. The molecule has 0 saturated carbocycles. The molecular weight excluding hydrogens is 392 g/mol. The monoisotopic (exact) mass is 418 g/mol. The standard InChI is InChI=1S/C21H26N2O5S/c1-15-4-8-19(9-5-15)28-17(3)21(24)22-18-7-6-16(2)20(14-18)29(25,26)23-10-12-27-13-11-23/h4-9,14,17H,10-13H2,1-3H3,(H,22,24). The van der Waals surface area contributed by atoms with Crippen molar-refractivity contribution in [1.82, 2.24) is 4.31 Å². The fraction of sp³-hybridized carbons (Fsp3) is 0.381. The SMILES string of the molecule is Cc1ccc(OC(C)C(=O)Nc2ccc(C)c(S(=O)(=O)N3CCOCC3)c2)cc1. The normalized spacial score (nSPS) is 16.2. The summed E-state index contributed by atoms with van der Waals surface area (Å²) in [6, 6.07) is 12.3. The number of carbonyl (C=O) groups is 1. The first kappa shape index (κ1) is 21.3. The number of sulfonamides is 1. The minimum Gasteiger partial charge on any atom is -0.481 e. The molecule has 1 aliphatic heterocycles. The Bertz CT molecular complexity index is 967. The number of aryl methyl sites for hydroxylation is 2. The second-order valence-corrected chi connectivity index (χ2v) is 8.97. The predicted molar refractivity (Wildman–Crippen MR) is 111 cm³/mol. The Labute approximate surface area is 171 Å². The highest BCUT2D eigenvalue weighted by atomic mass is 32.2. The third kappa shape index (κ3) is 5.14. The lowest BCUT2D eigenvalue weighted by atomic mass is 10.2. The highest BCUT2D eigenvalue weighted by molar-refractivity contribution is 7.89. The van der Waals surface area contributed by atoms with Gasteiger partial charge < -0.3 is 14.8 Å². The number of hydrogen-bond donors (Lipinski definition) is 1. The number of anilines is 1. The number of rotatable bonds is 6. The summed E-state index contributed by atoms with van der Waals surface area (Å²) < 4.78 is 38.3. The summed E-state index contributed by atoms with van der Waals surface area (Å²) in [7, 11) is -3.65. The number of carbonyl (C=O) groups excluding carboxylic acids is 1. The molecule has 2 aromatic carbocycles. The average molecular weight is 419 g/mol. The summed E-state index contributed by atoms with van der Waals surface area (Å²) >= 11 is 0. The van der Waals surface area contributed by atoms with Crippen molar-refractivity contribution in [2.75, 3.05) is 31.6 Å². The maximum atomic E-state index is 13.0. The van der Waals surface area contributed by atoms with Crippen molar-refractivity contribution in [2.24, 2.45) is 0 Å². The summed E-state index contributed by atoms with van der Waals surface area (Å²) in [5.41, 5.74) is 2.13. The smallest absolute Gasteiger partial charge is 0.265 e. The molecule has 1 saturated heterocycles. The van der Waals surface area contributed by atoms with Gasteiger partial charge >= 0.3 is 0 Å². The van der Waals surface area contributed by atoms with Gasteiger partial charge in [-0.2, -0.15) is 4.31 Å². The molecule has 1 fully saturated rings. The van der Waals surface area contributed by atoms with Gasteiger partial charge in [0, 0.05) is 18.8 Å². The van der Waals surface area contributed by atoms with Gasteiger partial charge in [-0.1, -0.05) is 23.8 Å². The van der Waals surface area contributed by atoms with Crippen LogP contribution in [0.25, 0.3) is 0 Å². The van der Waals surface area contributed by atoms with Crippen LogP contribution in [0.3, 0.4) is 0 Å². The second kappa shape index (κ2) is 8.94. The van der Waals surface area contributed by atoms with Crippen LogP contribution in [0, 0.1) is 13.8 Å². The van der Waals surface area contributed by atoms with E-state index in [1.165, 1.54) is 10.4 Å². The molecule has 0 bridgehead atoms. The molecule has 156 valence electrons. The predicted octanol–water partition coefficient (Wildman–Crippen LogP) is 2.73. The fourth-order valence-electron chi connectivity index (χ4n) is 3.00. The van der Waals surface area contributed by atoms with Gasteiger partial charge in [-0.25, -0.2) is 8.42 Å². The Morgan fingerprint density at radius 2 is 1.76 bits per heavy atom. The zero-order chi connectivity index (χ0) is 21.0. The molecule has 7 nitrogen and oxygen atoms in total. The molecule has 0 aromatic heterocycles. The van der Waals surface area contributed by atoms with E-state index in [9.17, 15) is 13.2 Å². The molecule has 1 unspecified atom stereocenters. The maximum absolute atomic E-state index is 13.0. The number of morpholine rings is 1. The third-order valence-electron chi connectivity index (χ3n) is 4.75. The Hall–Kier alpha value is -2.42. The summed E-state index contributed by atoms with van der Waals surface area (Å²) in [6.07, 6.45) is -0.738. The number of nitrogens with one attached hydrogen (secondary N) is 1. The summed E-state index contributed by atoms with van der Waals surface area (Å²) in [4.78, 5) is 12.7. The zero-order valence-electron chi connectivity index (χ0n) is 16.8. The summed E-state index contributed by atoms with van der Waals surface area (Å²) in [5, 5.41) is 2.74. The quantitative estimate of drug-likeness (QED) is 0.780. The van der Waals surface area contributed by atoms with E-state index in [0.717, 1.165) is 5.56 Å². The van der Waals surface area contributed by atoms with E-state index in [1.54, 1.807) is 38.1 Å². The van der Waals surface area contributed by atoms with Gasteiger partial charge in [0.2, 0.25) is 10.0 Å². The molecule has 0 spiro atoms. The van der Waals surface area contributed by atoms with Gasteiger partial charge in [0.05, 0.1) is 18.1 Å². The van der Waals surface area contributed by atoms with Gasteiger partial charge in [-0.05, 0) is 50.6 Å². The van der Waals surface area contributed by atoms with E-state index >= 15 is 0 Å². The van der Waals surface area contributed by atoms with E-state index in [1.807, 2.05) is 19.1 Å². The first-order valence-electron chi connectivity index (χ1n) is 9.50. The Morgan fingerprint density at radius 3 is 2.41 bits per heavy atom. The lowest BCUT2D eigenvalue weighted by Gasteiger charge is -2.27. The van der Waals surface area contributed by atoms with E-state index in [0.29, 0.717) is 43.3 Å². The number of amides is 1. The molecule has 1 amide bonds. The molecule has 29 heavy (non-hydrogen) atoms. The summed E-state index contributed by atoms with van der Waals surface area (Å²) in [6.45, 7) is 6.75. The Morgan fingerprint density at radius 1 is 1.10 bits per heavy atom. The number of nitrogens with zero attached hydrogens (tertiary/aromatic N) is 1. The first-order valence-corrected chi connectivity index (χ1v) is 10.9. The van der Waals surface area contributed by atoms with E-state index in [4.69, 9.17) is 9.47 Å². The van der Waals surface area contributed by atoms with Gasteiger partial charge in [0.15, 0.2) is 6.10 Å². The van der Waals surface area contributed by atoms with Gasteiger partial charge in [-0.3, -0.25) is 4.79 Å². The molecule has 1 aliphatic rings. The van der Waals surface area contributed by atoms with Crippen LogP contribution in [0.4, 0.5) is 5.69 Å². The lowest BCUT2D eigenvalue weighted by molar-refractivity contribution is -0.122. The number of hydrogen-bond acceptors (Lipinski definition) is 5. The fourth-order valence-corrected chi connectivity index (χ4v) is 4.66. The van der Waals surface area contributed by atoms with Crippen molar-refractivity contribution in [3.8, 4) is 5.75 Å². The molecule has 0 radical (unpaired) electrons. The molecular formula is C21H26N2O5S. The van der Waals surface area contributed by atoms with E-state index in [-0.39, 0.29) is 10.8 Å². The second-order valence-electron chi connectivity index (χ2n) is 7.06. The van der Waals surface area contributed by atoms with Crippen LogP contribution >= 0.6 is 0 Å². The molecule has 1 N–H and O–H groups in total. The number of ether oxygens (including phenoxy) is 2. The minimum absolute atomic E-state index is 0.185. The number of benzene rings is 2. The zero-order valence-corrected chi connectivity index (χ0v) is 17.7. The van der Waals surface area contributed by atoms with E-state index < -0.39 is 16.1 Å². The van der Waals surface area contributed by atoms with Crippen LogP contribution in [0.1, 0.15) is 18.1 Å². The van der Waals surface area contributed by atoms with Crippen molar-refractivity contribution in [2.45, 2.75) is 31.8 Å². The van der Waals surface area contributed by atoms with Gasteiger partial charge in [0.25, 0.3) is 5.91 Å². The van der Waals surface area contributed by atoms with Gasteiger partial charge in [0.1, 0.15) is 5.75 Å². The average Bonchev–Trinajstić information content (AvgIpc) is 2.71. The topological polar surface area (TPSA) is 84.9 Å². The molecule has 8 heteroatoms. The Kier molecular flexibility index (Phi) is 6.56. The van der Waals surface area contributed by atoms with Crippen molar-refractivity contribution in [1.29, 1.82) is 0 Å². The van der Waals surface area contributed by atoms with Crippen LogP contribution in [-0.4, -0.2) is 51.0 Å². The highest BCUT2D eigenvalue weighted by Crippen LogP contribution is 2.24. The van der Waals surface area contributed by atoms with Crippen molar-refractivity contribution < 1.29 is 22.7 Å². The maximum Gasteiger partial charge on any atom is 0.265 e. The van der Waals surface area contributed by atoms with Crippen LogP contribution in [-0.2, 0) is 19.6 Å². The van der Waals surface area contributed by atoms with Crippen LogP contribution in [0.5, 0.6) is 5.75 Å². The van der Waals surface area contributed by atoms with Crippen LogP contribution in [0.15, 0.2) is 47.4 Å². The molecule has 2 aromatic rings. The lowest BCUT2D eigenvalue weighted by Crippen LogP contribution is -2.40. The van der Waals surface area contributed by atoms with Crippen molar-refractivity contribution in [3.63, 3.8) is 0 Å². The first-order chi connectivity index (χ1) is 13.8. The molecule has 3 rings (SSSR count).